The van der Waals surface area contributed by atoms with Crippen LogP contribution in [-0.2, 0) is 6.54 Å². The van der Waals surface area contributed by atoms with E-state index in [-0.39, 0.29) is 12.4 Å². The summed E-state index contributed by atoms with van der Waals surface area (Å²) in [6.45, 7) is 4.75. The van der Waals surface area contributed by atoms with E-state index in [1.165, 1.54) is 11.1 Å². The standard InChI is InChI=1S/C20H23NO3.ClH/c1-3-22-18-9-6-16(7-10-18)5-4-12-21(2)14-17-8-11-19-20(13-17)24-15-23-19;/h4-11,13H,3,12,14-15H2,1-2H3;1H/b5-4+;. The van der Waals surface area contributed by atoms with Gasteiger partial charge in [0, 0.05) is 13.1 Å². The molecule has 0 amide bonds. The van der Waals surface area contributed by atoms with Gasteiger partial charge in [-0.15, -0.1) is 12.4 Å². The van der Waals surface area contributed by atoms with Crippen LogP contribution in [0.1, 0.15) is 18.1 Å². The minimum absolute atomic E-state index is 0. The van der Waals surface area contributed by atoms with Crippen molar-refractivity contribution in [2.45, 2.75) is 13.5 Å². The number of benzene rings is 2. The van der Waals surface area contributed by atoms with Crippen molar-refractivity contribution < 1.29 is 14.2 Å². The first-order chi connectivity index (χ1) is 11.7. The summed E-state index contributed by atoms with van der Waals surface area (Å²) in [5.41, 5.74) is 2.39. The normalized spacial score (nSPS) is 12.4. The number of nitrogens with zero attached hydrogens (tertiary/aromatic N) is 1. The first kappa shape index (κ1) is 19.2. The molecule has 0 spiro atoms. The predicted octanol–water partition coefficient (Wildman–Crippen LogP) is 4.38. The third-order valence-electron chi connectivity index (χ3n) is 3.81. The number of halogens is 1. The Balaban J connectivity index is 0.00000225. The van der Waals surface area contributed by atoms with Crippen LogP contribution in [-0.4, -0.2) is 31.9 Å². The number of likely N-dealkylation sites (N-methyl/N-ethyl adjacent to an activating group) is 1. The quantitative estimate of drug-likeness (QED) is 0.732. The van der Waals surface area contributed by atoms with E-state index < -0.39 is 0 Å². The lowest BCUT2D eigenvalue weighted by molar-refractivity contribution is 0.174. The molecule has 0 aromatic heterocycles. The molecule has 0 N–H and O–H groups in total. The van der Waals surface area contributed by atoms with Gasteiger partial charge in [0.2, 0.25) is 6.79 Å². The number of rotatable bonds is 7. The van der Waals surface area contributed by atoms with Crippen molar-refractivity contribution in [1.29, 1.82) is 0 Å². The van der Waals surface area contributed by atoms with Crippen LogP contribution >= 0.6 is 12.4 Å². The largest absolute Gasteiger partial charge is 0.494 e. The van der Waals surface area contributed by atoms with E-state index in [0.29, 0.717) is 13.4 Å². The molecule has 2 aromatic carbocycles. The fourth-order valence-corrected chi connectivity index (χ4v) is 2.63. The Morgan fingerprint density at radius 2 is 1.84 bits per heavy atom. The van der Waals surface area contributed by atoms with E-state index in [9.17, 15) is 0 Å². The Bertz CT molecular complexity index is 701. The summed E-state index contributed by atoms with van der Waals surface area (Å²) in [4.78, 5) is 2.25. The maximum Gasteiger partial charge on any atom is 0.231 e. The van der Waals surface area contributed by atoms with E-state index in [4.69, 9.17) is 14.2 Å². The smallest absolute Gasteiger partial charge is 0.231 e. The lowest BCUT2D eigenvalue weighted by Gasteiger charge is -2.14. The van der Waals surface area contributed by atoms with E-state index >= 15 is 0 Å². The highest BCUT2D eigenvalue weighted by molar-refractivity contribution is 5.85. The zero-order chi connectivity index (χ0) is 16.8. The minimum atomic E-state index is 0. The lowest BCUT2D eigenvalue weighted by atomic mass is 10.2. The van der Waals surface area contributed by atoms with E-state index in [1.54, 1.807) is 0 Å². The Kier molecular flexibility index (Phi) is 7.16. The fourth-order valence-electron chi connectivity index (χ4n) is 2.63. The topological polar surface area (TPSA) is 30.9 Å². The molecular weight excluding hydrogens is 338 g/mol. The Morgan fingerprint density at radius 3 is 2.60 bits per heavy atom. The molecule has 134 valence electrons. The lowest BCUT2D eigenvalue weighted by Crippen LogP contribution is -2.17. The van der Waals surface area contributed by atoms with Gasteiger partial charge in [-0.2, -0.15) is 0 Å². The molecule has 1 aliphatic heterocycles. The van der Waals surface area contributed by atoms with Gasteiger partial charge in [-0.1, -0.05) is 30.4 Å². The molecule has 0 bridgehead atoms. The maximum absolute atomic E-state index is 5.45. The van der Waals surface area contributed by atoms with Gasteiger partial charge in [0.25, 0.3) is 0 Å². The highest BCUT2D eigenvalue weighted by Gasteiger charge is 2.13. The Hall–Kier alpha value is -2.17. The molecule has 0 saturated heterocycles. The zero-order valence-electron chi connectivity index (χ0n) is 14.6. The summed E-state index contributed by atoms with van der Waals surface area (Å²) < 4.78 is 16.2. The fraction of sp³-hybridized carbons (Fsp3) is 0.300. The summed E-state index contributed by atoms with van der Waals surface area (Å²) in [5.74, 6) is 2.58. The zero-order valence-corrected chi connectivity index (χ0v) is 15.4. The molecule has 4 nitrogen and oxygen atoms in total. The molecule has 3 rings (SSSR count). The van der Waals surface area contributed by atoms with E-state index in [2.05, 4.69) is 48.4 Å². The molecule has 0 saturated carbocycles. The van der Waals surface area contributed by atoms with Crippen LogP contribution in [0.5, 0.6) is 17.2 Å². The van der Waals surface area contributed by atoms with Gasteiger partial charge in [0.15, 0.2) is 11.5 Å². The Morgan fingerprint density at radius 1 is 1.08 bits per heavy atom. The SMILES string of the molecule is CCOc1ccc(/C=C/CN(C)Cc2ccc3c(c2)OCO3)cc1.Cl. The van der Waals surface area contributed by atoms with Gasteiger partial charge < -0.3 is 14.2 Å². The van der Waals surface area contributed by atoms with Crippen LogP contribution in [0.25, 0.3) is 6.08 Å². The van der Waals surface area contributed by atoms with Crippen molar-refractivity contribution >= 4 is 18.5 Å². The average molecular weight is 362 g/mol. The van der Waals surface area contributed by atoms with Crippen LogP contribution in [0.2, 0.25) is 0 Å². The van der Waals surface area contributed by atoms with Crippen LogP contribution in [0.4, 0.5) is 0 Å². The number of hydrogen-bond acceptors (Lipinski definition) is 4. The molecule has 0 radical (unpaired) electrons. The number of ether oxygens (including phenoxy) is 3. The molecule has 0 atom stereocenters. The molecule has 5 heteroatoms. The van der Waals surface area contributed by atoms with Gasteiger partial charge in [-0.3, -0.25) is 4.90 Å². The van der Waals surface area contributed by atoms with Gasteiger partial charge in [-0.25, -0.2) is 0 Å². The van der Waals surface area contributed by atoms with Crippen molar-refractivity contribution in [3.63, 3.8) is 0 Å². The average Bonchev–Trinajstić information content (AvgIpc) is 3.04. The van der Waals surface area contributed by atoms with Crippen molar-refractivity contribution in [3.05, 3.63) is 59.7 Å². The first-order valence-electron chi connectivity index (χ1n) is 8.21. The second-order valence-corrected chi connectivity index (χ2v) is 5.79. The minimum Gasteiger partial charge on any atom is -0.494 e. The second-order valence-electron chi connectivity index (χ2n) is 5.79. The van der Waals surface area contributed by atoms with Crippen LogP contribution in [0, 0.1) is 0 Å². The maximum atomic E-state index is 5.45. The van der Waals surface area contributed by atoms with E-state index in [1.807, 2.05) is 25.1 Å². The highest BCUT2D eigenvalue weighted by Crippen LogP contribution is 2.32. The monoisotopic (exact) mass is 361 g/mol. The third-order valence-corrected chi connectivity index (χ3v) is 3.81. The predicted molar refractivity (Wildman–Crippen MR) is 103 cm³/mol. The summed E-state index contributed by atoms with van der Waals surface area (Å²) in [6.07, 6.45) is 4.30. The van der Waals surface area contributed by atoms with Crippen LogP contribution in [0.3, 0.4) is 0 Å². The molecule has 1 heterocycles. The van der Waals surface area contributed by atoms with Gasteiger partial charge in [-0.05, 0) is 49.4 Å². The van der Waals surface area contributed by atoms with Gasteiger partial charge in [0.1, 0.15) is 5.75 Å². The van der Waals surface area contributed by atoms with Gasteiger partial charge in [0.05, 0.1) is 6.61 Å². The van der Waals surface area contributed by atoms with Gasteiger partial charge >= 0.3 is 0 Å². The van der Waals surface area contributed by atoms with Crippen molar-refractivity contribution in [3.8, 4) is 17.2 Å². The Labute approximate surface area is 155 Å². The summed E-state index contributed by atoms with van der Waals surface area (Å²) in [5, 5.41) is 0. The summed E-state index contributed by atoms with van der Waals surface area (Å²) >= 11 is 0. The molecule has 25 heavy (non-hydrogen) atoms. The van der Waals surface area contributed by atoms with Crippen LogP contribution < -0.4 is 14.2 Å². The number of fused-ring (bicyclic) bond motifs is 1. The molecule has 2 aromatic rings. The van der Waals surface area contributed by atoms with Crippen molar-refractivity contribution in [2.24, 2.45) is 0 Å². The first-order valence-corrected chi connectivity index (χ1v) is 8.21. The number of hydrogen-bond donors (Lipinski definition) is 0. The summed E-state index contributed by atoms with van der Waals surface area (Å²) in [7, 11) is 2.10. The van der Waals surface area contributed by atoms with Crippen molar-refractivity contribution in [2.75, 3.05) is 27.0 Å². The highest BCUT2D eigenvalue weighted by atomic mass is 35.5. The van der Waals surface area contributed by atoms with E-state index in [0.717, 1.165) is 30.3 Å². The van der Waals surface area contributed by atoms with Crippen molar-refractivity contribution in [1.82, 2.24) is 4.90 Å². The molecular formula is C20H24ClNO3. The summed E-state index contributed by atoms with van der Waals surface area (Å²) in [6, 6.07) is 14.2. The molecule has 0 unspecified atom stereocenters. The molecule has 1 aliphatic rings. The van der Waals surface area contributed by atoms with Crippen LogP contribution in [0.15, 0.2) is 48.5 Å². The second kappa shape index (κ2) is 9.35. The third kappa shape index (κ3) is 5.41. The molecule has 0 fully saturated rings. The molecule has 0 aliphatic carbocycles.